The lowest BCUT2D eigenvalue weighted by molar-refractivity contribution is 0.0770. The maximum Gasteiger partial charge on any atom is 0.162 e. The van der Waals surface area contributed by atoms with Gasteiger partial charge in [-0.05, 0) is 69.5 Å². The molecule has 28 heavy (non-hydrogen) atoms. The molecule has 0 atom stereocenters. The number of aryl methyl sites for hydroxylation is 1. The van der Waals surface area contributed by atoms with Gasteiger partial charge in [0.2, 0.25) is 0 Å². The number of rotatable bonds is 12. The molecule has 2 aromatic rings. The second-order valence-electron chi connectivity index (χ2n) is 6.99. The van der Waals surface area contributed by atoms with Crippen molar-refractivity contribution in [1.29, 1.82) is 0 Å². The summed E-state index contributed by atoms with van der Waals surface area (Å²) in [6.07, 6.45) is 1.28. The Morgan fingerprint density at radius 1 is 1.04 bits per heavy atom. The maximum absolute atomic E-state index is 6.08. The molecule has 0 amide bonds. The normalized spacial score (nSPS) is 11.1. The summed E-state index contributed by atoms with van der Waals surface area (Å²) in [5.74, 6) is 1.53. The fourth-order valence-corrected chi connectivity index (χ4v) is 3.22. The molecule has 0 aromatic heterocycles. The Morgan fingerprint density at radius 2 is 1.79 bits per heavy atom. The molecule has 0 unspecified atom stereocenters. The summed E-state index contributed by atoms with van der Waals surface area (Å²) < 4.78 is 18.5. The second kappa shape index (κ2) is 12.1. The predicted octanol–water partition coefficient (Wildman–Crippen LogP) is 5.64. The van der Waals surface area contributed by atoms with Crippen LogP contribution in [0.25, 0.3) is 0 Å². The van der Waals surface area contributed by atoms with Crippen LogP contribution in [0.1, 0.15) is 43.9 Å². The Balaban J connectivity index is 1.97. The molecule has 0 radical (unpaired) electrons. The van der Waals surface area contributed by atoms with Gasteiger partial charge < -0.3 is 19.5 Å². The van der Waals surface area contributed by atoms with E-state index in [1.165, 1.54) is 11.1 Å². The van der Waals surface area contributed by atoms with Gasteiger partial charge >= 0.3 is 0 Å². The number of hydrogen-bond donors (Lipinski definition) is 1. The molecule has 2 aromatic carbocycles. The predicted molar refractivity (Wildman–Crippen MR) is 118 cm³/mol. The standard InChI is InChI=1S/C23H32BrNO3/c1-5-26-22-13-20(15-25-11-8-12-27-17(2)3)21(24)14-23(22)28-16-19-10-7-6-9-18(19)4/h6-7,9-10,13-14,17,25H,5,8,11-12,15-16H2,1-4H3. The Morgan fingerprint density at radius 3 is 2.50 bits per heavy atom. The smallest absolute Gasteiger partial charge is 0.162 e. The molecular weight excluding hydrogens is 418 g/mol. The molecule has 5 heteroatoms. The lowest BCUT2D eigenvalue weighted by atomic mass is 10.1. The van der Waals surface area contributed by atoms with E-state index in [0.717, 1.165) is 47.7 Å². The molecule has 0 heterocycles. The SMILES string of the molecule is CCOc1cc(CNCCCOC(C)C)c(Br)cc1OCc1ccccc1C. The molecule has 0 aliphatic carbocycles. The van der Waals surface area contributed by atoms with E-state index >= 15 is 0 Å². The van der Waals surface area contributed by atoms with Crippen LogP contribution in [0.2, 0.25) is 0 Å². The zero-order valence-corrected chi connectivity index (χ0v) is 19.0. The molecule has 0 spiro atoms. The van der Waals surface area contributed by atoms with Crippen molar-refractivity contribution >= 4 is 15.9 Å². The van der Waals surface area contributed by atoms with Crippen LogP contribution in [-0.2, 0) is 17.9 Å². The molecule has 1 N–H and O–H groups in total. The first-order chi connectivity index (χ1) is 13.5. The van der Waals surface area contributed by atoms with E-state index in [2.05, 4.69) is 60.2 Å². The van der Waals surface area contributed by atoms with Gasteiger partial charge in [-0.25, -0.2) is 0 Å². The van der Waals surface area contributed by atoms with Gasteiger partial charge in [0.15, 0.2) is 11.5 Å². The van der Waals surface area contributed by atoms with E-state index in [4.69, 9.17) is 14.2 Å². The van der Waals surface area contributed by atoms with Crippen LogP contribution in [0.5, 0.6) is 11.5 Å². The van der Waals surface area contributed by atoms with Crippen LogP contribution in [0.3, 0.4) is 0 Å². The van der Waals surface area contributed by atoms with Crippen molar-refractivity contribution in [2.75, 3.05) is 19.8 Å². The van der Waals surface area contributed by atoms with Crippen molar-refractivity contribution in [1.82, 2.24) is 5.32 Å². The number of ether oxygens (including phenoxy) is 3. The number of nitrogens with one attached hydrogen (secondary N) is 1. The summed E-state index contributed by atoms with van der Waals surface area (Å²) in [6.45, 7) is 11.8. The molecule has 0 saturated carbocycles. The van der Waals surface area contributed by atoms with Gasteiger partial charge in [-0.1, -0.05) is 40.2 Å². The van der Waals surface area contributed by atoms with Crippen molar-refractivity contribution in [2.24, 2.45) is 0 Å². The summed E-state index contributed by atoms with van der Waals surface area (Å²) in [4.78, 5) is 0. The first kappa shape index (κ1) is 22.7. The van der Waals surface area contributed by atoms with Crippen LogP contribution in [-0.4, -0.2) is 25.9 Å². The third-order valence-electron chi connectivity index (χ3n) is 4.32. The highest BCUT2D eigenvalue weighted by Crippen LogP contribution is 2.34. The highest BCUT2D eigenvalue weighted by Gasteiger charge is 2.12. The molecule has 4 nitrogen and oxygen atoms in total. The van der Waals surface area contributed by atoms with Gasteiger partial charge in [0.05, 0.1) is 12.7 Å². The average Bonchev–Trinajstić information content (AvgIpc) is 2.66. The minimum absolute atomic E-state index is 0.287. The van der Waals surface area contributed by atoms with E-state index in [1.807, 2.05) is 25.1 Å². The maximum atomic E-state index is 6.08. The minimum atomic E-state index is 0.287. The Kier molecular flexibility index (Phi) is 9.82. The summed E-state index contributed by atoms with van der Waals surface area (Å²) in [5, 5.41) is 3.46. The number of halogens is 1. The molecule has 0 bridgehead atoms. The summed E-state index contributed by atoms with van der Waals surface area (Å²) in [5.41, 5.74) is 3.55. The van der Waals surface area contributed by atoms with E-state index in [1.54, 1.807) is 0 Å². The molecule has 0 saturated heterocycles. The zero-order chi connectivity index (χ0) is 20.4. The van der Waals surface area contributed by atoms with Crippen molar-refractivity contribution in [2.45, 2.75) is 53.4 Å². The average molecular weight is 450 g/mol. The summed E-state index contributed by atoms with van der Waals surface area (Å²) in [7, 11) is 0. The third kappa shape index (κ3) is 7.46. The van der Waals surface area contributed by atoms with Crippen LogP contribution in [0.15, 0.2) is 40.9 Å². The molecule has 0 fully saturated rings. The molecule has 0 aliphatic heterocycles. The van der Waals surface area contributed by atoms with E-state index in [-0.39, 0.29) is 6.10 Å². The molecule has 154 valence electrons. The quantitative estimate of drug-likeness (QED) is 0.425. The fourth-order valence-electron chi connectivity index (χ4n) is 2.76. The third-order valence-corrected chi connectivity index (χ3v) is 5.06. The lowest BCUT2D eigenvalue weighted by Gasteiger charge is -2.16. The fraction of sp³-hybridized carbons (Fsp3) is 0.478. The minimum Gasteiger partial charge on any atom is -0.490 e. The summed E-state index contributed by atoms with van der Waals surface area (Å²) in [6, 6.07) is 12.3. The second-order valence-corrected chi connectivity index (χ2v) is 7.84. The Labute approximate surface area is 177 Å². The zero-order valence-electron chi connectivity index (χ0n) is 17.4. The van der Waals surface area contributed by atoms with Crippen LogP contribution in [0, 0.1) is 6.92 Å². The monoisotopic (exact) mass is 449 g/mol. The van der Waals surface area contributed by atoms with Gasteiger partial charge in [-0.2, -0.15) is 0 Å². The first-order valence-electron chi connectivity index (χ1n) is 9.96. The highest BCUT2D eigenvalue weighted by molar-refractivity contribution is 9.10. The van der Waals surface area contributed by atoms with Crippen LogP contribution >= 0.6 is 15.9 Å². The molecular formula is C23H32BrNO3. The summed E-state index contributed by atoms with van der Waals surface area (Å²) >= 11 is 3.67. The number of benzene rings is 2. The Hall–Kier alpha value is -1.56. The van der Waals surface area contributed by atoms with Crippen LogP contribution < -0.4 is 14.8 Å². The first-order valence-corrected chi connectivity index (χ1v) is 10.8. The van der Waals surface area contributed by atoms with Crippen molar-refractivity contribution < 1.29 is 14.2 Å². The van der Waals surface area contributed by atoms with Gasteiger partial charge in [0.25, 0.3) is 0 Å². The highest BCUT2D eigenvalue weighted by atomic mass is 79.9. The van der Waals surface area contributed by atoms with Crippen molar-refractivity contribution in [3.63, 3.8) is 0 Å². The van der Waals surface area contributed by atoms with E-state index in [9.17, 15) is 0 Å². The Bertz CT molecular complexity index is 734. The van der Waals surface area contributed by atoms with Gasteiger partial charge in [0, 0.05) is 17.6 Å². The number of hydrogen-bond acceptors (Lipinski definition) is 4. The topological polar surface area (TPSA) is 39.7 Å². The van der Waals surface area contributed by atoms with Crippen molar-refractivity contribution in [3.05, 3.63) is 57.6 Å². The van der Waals surface area contributed by atoms with Crippen LogP contribution in [0.4, 0.5) is 0 Å². The lowest BCUT2D eigenvalue weighted by Crippen LogP contribution is -2.17. The molecule has 2 rings (SSSR count). The van der Waals surface area contributed by atoms with E-state index in [0.29, 0.717) is 13.2 Å². The molecule has 0 aliphatic rings. The van der Waals surface area contributed by atoms with E-state index < -0.39 is 0 Å². The van der Waals surface area contributed by atoms with Gasteiger partial charge in [-0.3, -0.25) is 0 Å². The van der Waals surface area contributed by atoms with Crippen molar-refractivity contribution in [3.8, 4) is 11.5 Å². The van der Waals surface area contributed by atoms with Gasteiger partial charge in [0.1, 0.15) is 6.61 Å². The van der Waals surface area contributed by atoms with Gasteiger partial charge in [-0.15, -0.1) is 0 Å². The largest absolute Gasteiger partial charge is 0.490 e.